The fraction of sp³-hybridized carbons (Fsp3) is 0.529. The van der Waals surface area contributed by atoms with Gasteiger partial charge in [-0.1, -0.05) is 19.1 Å². The van der Waals surface area contributed by atoms with Crippen LogP contribution in [-0.4, -0.2) is 43.0 Å². The van der Waals surface area contributed by atoms with Gasteiger partial charge in [-0.2, -0.15) is 0 Å². The van der Waals surface area contributed by atoms with Crippen molar-refractivity contribution in [1.29, 1.82) is 0 Å². The fourth-order valence-electron chi connectivity index (χ4n) is 2.84. The number of urea groups is 1. The van der Waals surface area contributed by atoms with Crippen molar-refractivity contribution < 1.29 is 9.59 Å². The number of anilines is 1. The van der Waals surface area contributed by atoms with Crippen LogP contribution in [0.1, 0.15) is 24.5 Å². The fourth-order valence-corrected chi connectivity index (χ4v) is 2.84. The summed E-state index contributed by atoms with van der Waals surface area (Å²) in [5.41, 5.74) is 8.63. The van der Waals surface area contributed by atoms with Crippen LogP contribution in [0.2, 0.25) is 0 Å². The number of carbonyl (C=O) groups is 2. The normalized spacial score (nSPS) is 21.2. The molecule has 6 nitrogen and oxygen atoms in total. The zero-order chi connectivity index (χ0) is 17.0. The summed E-state index contributed by atoms with van der Waals surface area (Å²) in [5, 5.41) is 5.11. The molecule has 1 saturated heterocycles. The summed E-state index contributed by atoms with van der Waals surface area (Å²) in [6, 6.07) is 5.17. The third-order valence-corrected chi connectivity index (χ3v) is 4.60. The van der Waals surface area contributed by atoms with Gasteiger partial charge < -0.3 is 11.1 Å². The molecule has 6 heteroatoms. The maximum atomic E-state index is 12.0. The number of amides is 3. The quantitative estimate of drug-likeness (QED) is 0.787. The van der Waals surface area contributed by atoms with Crippen molar-refractivity contribution in [2.24, 2.45) is 11.1 Å². The third kappa shape index (κ3) is 4.53. The topological polar surface area (TPSA) is 87.5 Å². The number of hydrogen-bond donors (Lipinski definition) is 3. The molecule has 1 aromatic rings. The molecule has 126 valence electrons. The monoisotopic (exact) mass is 318 g/mol. The number of imide groups is 1. The molecule has 0 aliphatic carbocycles. The van der Waals surface area contributed by atoms with Crippen LogP contribution in [0.4, 0.5) is 10.5 Å². The summed E-state index contributed by atoms with van der Waals surface area (Å²) < 4.78 is 0. The van der Waals surface area contributed by atoms with E-state index >= 15 is 0 Å². The SMILES string of the molecule is Cc1cccc(NC(=O)NC(=O)CN2CCC(C)(CN)C2)c1C. The number of nitrogens with zero attached hydrogens (tertiary/aromatic N) is 1. The van der Waals surface area contributed by atoms with Crippen LogP contribution in [-0.2, 0) is 4.79 Å². The number of nitrogens with one attached hydrogen (secondary N) is 2. The molecule has 1 atom stereocenters. The minimum atomic E-state index is -0.496. The number of rotatable bonds is 4. The van der Waals surface area contributed by atoms with Crippen LogP contribution in [0.3, 0.4) is 0 Å². The first-order valence-electron chi connectivity index (χ1n) is 7.92. The number of hydrogen-bond acceptors (Lipinski definition) is 4. The van der Waals surface area contributed by atoms with Gasteiger partial charge in [0.2, 0.25) is 5.91 Å². The lowest BCUT2D eigenvalue weighted by atomic mass is 9.90. The summed E-state index contributed by atoms with van der Waals surface area (Å²) in [6.45, 7) is 8.48. The van der Waals surface area contributed by atoms with E-state index in [1.54, 1.807) is 0 Å². The van der Waals surface area contributed by atoms with Gasteiger partial charge in [-0.25, -0.2) is 4.79 Å². The predicted octanol–water partition coefficient (Wildman–Crippen LogP) is 1.62. The summed E-state index contributed by atoms with van der Waals surface area (Å²) in [4.78, 5) is 26.0. The smallest absolute Gasteiger partial charge is 0.325 e. The van der Waals surface area contributed by atoms with E-state index in [1.807, 2.05) is 36.9 Å². The van der Waals surface area contributed by atoms with Gasteiger partial charge >= 0.3 is 6.03 Å². The Hall–Kier alpha value is -1.92. The second kappa shape index (κ2) is 7.10. The van der Waals surface area contributed by atoms with Crippen molar-refractivity contribution in [2.75, 3.05) is 31.5 Å². The largest absolute Gasteiger partial charge is 0.330 e. The van der Waals surface area contributed by atoms with E-state index in [0.717, 1.165) is 30.6 Å². The summed E-state index contributed by atoms with van der Waals surface area (Å²) in [6.07, 6.45) is 0.978. The van der Waals surface area contributed by atoms with Crippen LogP contribution in [0.15, 0.2) is 18.2 Å². The van der Waals surface area contributed by atoms with Crippen molar-refractivity contribution >= 4 is 17.6 Å². The molecule has 1 aromatic carbocycles. The minimum Gasteiger partial charge on any atom is -0.330 e. The van der Waals surface area contributed by atoms with Crippen LogP contribution >= 0.6 is 0 Å². The standard InChI is InChI=1S/C17H26N4O2/c1-12-5-4-6-14(13(12)2)19-16(23)20-15(22)9-21-8-7-17(3,10-18)11-21/h4-6H,7-11,18H2,1-3H3,(H2,19,20,22,23). The summed E-state index contributed by atoms with van der Waals surface area (Å²) >= 11 is 0. The zero-order valence-corrected chi connectivity index (χ0v) is 14.1. The average Bonchev–Trinajstić information content (AvgIpc) is 2.85. The molecule has 1 aliphatic rings. The highest BCUT2D eigenvalue weighted by Crippen LogP contribution is 2.27. The van der Waals surface area contributed by atoms with Crippen LogP contribution in [0, 0.1) is 19.3 Å². The minimum absolute atomic E-state index is 0.0707. The zero-order valence-electron chi connectivity index (χ0n) is 14.1. The van der Waals surface area contributed by atoms with Gasteiger partial charge in [0.1, 0.15) is 0 Å². The lowest BCUT2D eigenvalue weighted by molar-refractivity contribution is -0.120. The van der Waals surface area contributed by atoms with Crippen molar-refractivity contribution in [3.05, 3.63) is 29.3 Å². The molecule has 4 N–H and O–H groups in total. The first kappa shape index (κ1) is 17.4. The Morgan fingerprint density at radius 2 is 2.09 bits per heavy atom. The molecule has 1 aliphatic heterocycles. The first-order chi connectivity index (χ1) is 10.8. The van der Waals surface area contributed by atoms with Crippen LogP contribution in [0.5, 0.6) is 0 Å². The molecule has 1 fully saturated rings. The Balaban J connectivity index is 1.84. The Kier molecular flexibility index (Phi) is 5.38. The predicted molar refractivity (Wildman–Crippen MR) is 91.3 cm³/mol. The highest BCUT2D eigenvalue weighted by Gasteiger charge is 2.33. The molecular weight excluding hydrogens is 292 g/mol. The van der Waals surface area contributed by atoms with E-state index in [2.05, 4.69) is 17.6 Å². The molecule has 0 radical (unpaired) electrons. The van der Waals surface area contributed by atoms with Gasteiger partial charge in [0.05, 0.1) is 6.54 Å². The second-order valence-electron chi connectivity index (χ2n) is 6.73. The number of aryl methyl sites for hydroxylation is 1. The molecule has 23 heavy (non-hydrogen) atoms. The lowest BCUT2D eigenvalue weighted by Crippen LogP contribution is -2.42. The van der Waals surface area contributed by atoms with E-state index in [4.69, 9.17) is 5.73 Å². The maximum Gasteiger partial charge on any atom is 0.325 e. The lowest BCUT2D eigenvalue weighted by Gasteiger charge is -2.22. The van der Waals surface area contributed by atoms with Gasteiger partial charge in [-0.05, 0) is 56.0 Å². The molecule has 1 unspecified atom stereocenters. The molecule has 1 heterocycles. The Morgan fingerprint density at radius 1 is 1.35 bits per heavy atom. The molecule has 0 aromatic heterocycles. The average molecular weight is 318 g/mol. The van der Waals surface area contributed by atoms with E-state index < -0.39 is 6.03 Å². The highest BCUT2D eigenvalue weighted by molar-refractivity contribution is 6.02. The van der Waals surface area contributed by atoms with Gasteiger partial charge in [0.25, 0.3) is 0 Å². The van der Waals surface area contributed by atoms with Crippen molar-refractivity contribution in [2.45, 2.75) is 27.2 Å². The van der Waals surface area contributed by atoms with E-state index in [1.165, 1.54) is 0 Å². The van der Waals surface area contributed by atoms with Gasteiger partial charge in [-0.15, -0.1) is 0 Å². The van der Waals surface area contributed by atoms with E-state index in [-0.39, 0.29) is 17.9 Å². The second-order valence-corrected chi connectivity index (χ2v) is 6.73. The van der Waals surface area contributed by atoms with E-state index in [9.17, 15) is 9.59 Å². The molecule has 0 saturated carbocycles. The number of likely N-dealkylation sites (tertiary alicyclic amines) is 1. The maximum absolute atomic E-state index is 12.0. The Labute approximate surface area is 137 Å². The molecule has 0 bridgehead atoms. The first-order valence-corrected chi connectivity index (χ1v) is 7.92. The Bertz CT molecular complexity index is 602. The number of nitrogens with two attached hydrogens (primary N) is 1. The number of benzene rings is 1. The van der Waals surface area contributed by atoms with Gasteiger partial charge in [0, 0.05) is 12.2 Å². The van der Waals surface area contributed by atoms with E-state index in [0.29, 0.717) is 12.2 Å². The highest BCUT2D eigenvalue weighted by atomic mass is 16.2. The van der Waals surface area contributed by atoms with Crippen LogP contribution in [0.25, 0.3) is 0 Å². The number of carbonyl (C=O) groups excluding carboxylic acids is 2. The summed E-state index contributed by atoms with van der Waals surface area (Å²) in [7, 11) is 0. The van der Waals surface area contributed by atoms with Crippen LogP contribution < -0.4 is 16.4 Å². The van der Waals surface area contributed by atoms with Crippen molar-refractivity contribution in [3.8, 4) is 0 Å². The molecule has 0 spiro atoms. The molecule has 2 rings (SSSR count). The van der Waals surface area contributed by atoms with Crippen molar-refractivity contribution in [1.82, 2.24) is 10.2 Å². The van der Waals surface area contributed by atoms with Gasteiger partial charge in [-0.3, -0.25) is 15.0 Å². The summed E-state index contributed by atoms with van der Waals surface area (Å²) in [5.74, 6) is -0.297. The molecule has 3 amide bonds. The molecular formula is C17H26N4O2. The third-order valence-electron chi connectivity index (χ3n) is 4.60. The Morgan fingerprint density at radius 3 is 2.74 bits per heavy atom. The van der Waals surface area contributed by atoms with Gasteiger partial charge in [0.15, 0.2) is 0 Å². The van der Waals surface area contributed by atoms with Crippen molar-refractivity contribution in [3.63, 3.8) is 0 Å².